The van der Waals surface area contributed by atoms with Crippen molar-refractivity contribution in [2.75, 3.05) is 6.61 Å². The molecule has 8 nitrogen and oxygen atoms in total. The first-order chi connectivity index (χ1) is 19.1. The van der Waals surface area contributed by atoms with E-state index >= 15 is 0 Å². The van der Waals surface area contributed by atoms with Gasteiger partial charge in [0.2, 0.25) is 0 Å². The minimum atomic E-state index is -3.00. The van der Waals surface area contributed by atoms with Crippen LogP contribution in [-0.4, -0.2) is 63.0 Å². The molecule has 2 N–H and O–H groups in total. The second kappa shape index (κ2) is 10.8. The van der Waals surface area contributed by atoms with Crippen LogP contribution in [0.25, 0.3) is 11.2 Å². The number of hydrogen-bond donors (Lipinski definition) is 2. The van der Waals surface area contributed by atoms with Gasteiger partial charge in [-0.05, 0) is 22.0 Å². The van der Waals surface area contributed by atoms with E-state index in [-0.39, 0.29) is 6.61 Å². The van der Waals surface area contributed by atoms with Crippen molar-refractivity contribution in [1.82, 2.24) is 19.5 Å². The molecule has 2 aromatic heterocycles. The van der Waals surface area contributed by atoms with Gasteiger partial charge in [-0.25, -0.2) is 15.0 Å². The molecule has 6 rings (SSSR count). The fraction of sp³-hybridized carbons (Fsp3) is 0.233. The first kappa shape index (κ1) is 25.5. The van der Waals surface area contributed by atoms with Crippen LogP contribution in [-0.2, 0) is 15.6 Å². The summed E-state index contributed by atoms with van der Waals surface area (Å²) in [7, 11) is -3.00. The van der Waals surface area contributed by atoms with E-state index in [9.17, 15) is 10.2 Å². The van der Waals surface area contributed by atoms with Crippen LogP contribution in [0.4, 0.5) is 0 Å². The molecular formula is C30H30N4O4Si. The SMILES string of the molecule is CCc1ncnc2c1ncn2[C@@H]1O[C@H](CO[Si](c2ccccc2)(c2ccccc2)c2ccccc2)[C@@H](O)[C@H]1O. The van der Waals surface area contributed by atoms with Gasteiger partial charge >= 0.3 is 0 Å². The Morgan fingerprint density at radius 2 is 1.36 bits per heavy atom. The Morgan fingerprint density at radius 1 is 0.795 bits per heavy atom. The second-order valence-corrected chi connectivity index (χ2v) is 13.0. The lowest BCUT2D eigenvalue weighted by Crippen LogP contribution is -2.70. The van der Waals surface area contributed by atoms with Crippen molar-refractivity contribution in [3.05, 3.63) is 109 Å². The Kier molecular flexibility index (Phi) is 7.07. The van der Waals surface area contributed by atoms with Gasteiger partial charge in [0.05, 0.1) is 18.6 Å². The highest BCUT2D eigenvalue weighted by atomic mass is 28.4. The lowest BCUT2D eigenvalue weighted by molar-refractivity contribution is -0.0479. The predicted molar refractivity (Wildman–Crippen MR) is 151 cm³/mol. The average Bonchev–Trinajstić information content (AvgIpc) is 3.55. The molecule has 3 heterocycles. The molecule has 0 saturated carbocycles. The van der Waals surface area contributed by atoms with E-state index in [0.29, 0.717) is 17.6 Å². The highest BCUT2D eigenvalue weighted by molar-refractivity contribution is 7.07. The standard InChI is InChI=1S/C30H30N4O4Si/c1-2-24-26-29(32-19-31-24)34(20-33-26)30-28(36)27(35)25(38-30)18-37-39(21-12-6-3-7-13-21,22-14-8-4-9-15-22)23-16-10-5-11-17-23/h3-17,19-20,25,27-28,30,35-36H,2,18H2,1H3/t25-,27-,28-,30-/m1/s1. The number of rotatable bonds is 8. The fourth-order valence-corrected chi connectivity index (χ4v) is 9.32. The van der Waals surface area contributed by atoms with Crippen molar-refractivity contribution in [3.8, 4) is 0 Å². The molecule has 1 aliphatic heterocycles. The minimum absolute atomic E-state index is 0.0848. The van der Waals surface area contributed by atoms with Gasteiger partial charge in [0.1, 0.15) is 30.2 Å². The van der Waals surface area contributed by atoms with Crippen LogP contribution in [0.15, 0.2) is 104 Å². The smallest absolute Gasteiger partial charge is 0.288 e. The molecular weight excluding hydrogens is 508 g/mol. The maximum absolute atomic E-state index is 11.1. The summed E-state index contributed by atoms with van der Waals surface area (Å²) in [6.07, 6.45) is -0.200. The van der Waals surface area contributed by atoms with E-state index in [0.717, 1.165) is 21.3 Å². The number of fused-ring (bicyclic) bond motifs is 1. The summed E-state index contributed by atoms with van der Waals surface area (Å²) in [5, 5.41) is 25.4. The van der Waals surface area contributed by atoms with Crippen LogP contribution in [0, 0.1) is 0 Å². The monoisotopic (exact) mass is 538 g/mol. The van der Waals surface area contributed by atoms with E-state index in [1.807, 2.05) is 61.5 Å². The van der Waals surface area contributed by atoms with Gasteiger partial charge in [-0.1, -0.05) is 97.9 Å². The van der Waals surface area contributed by atoms with Gasteiger partial charge in [-0.3, -0.25) is 4.57 Å². The Labute approximate surface area is 227 Å². The van der Waals surface area contributed by atoms with Crippen molar-refractivity contribution in [2.24, 2.45) is 0 Å². The minimum Gasteiger partial charge on any atom is -0.401 e. The summed E-state index contributed by atoms with van der Waals surface area (Å²) >= 11 is 0. The maximum Gasteiger partial charge on any atom is 0.288 e. The molecule has 0 radical (unpaired) electrons. The Balaban J connectivity index is 1.36. The first-order valence-corrected chi connectivity index (χ1v) is 15.0. The average molecular weight is 539 g/mol. The van der Waals surface area contributed by atoms with Gasteiger partial charge in [-0.2, -0.15) is 0 Å². The van der Waals surface area contributed by atoms with E-state index < -0.39 is 32.9 Å². The van der Waals surface area contributed by atoms with Crippen LogP contribution in [0.3, 0.4) is 0 Å². The molecule has 1 fully saturated rings. The van der Waals surface area contributed by atoms with E-state index in [4.69, 9.17) is 9.16 Å². The van der Waals surface area contributed by atoms with E-state index in [1.165, 1.54) is 6.33 Å². The maximum atomic E-state index is 11.1. The van der Waals surface area contributed by atoms with Gasteiger partial charge in [0, 0.05) is 0 Å². The zero-order valence-electron chi connectivity index (χ0n) is 21.5. The molecule has 0 bridgehead atoms. The number of aliphatic hydroxyl groups excluding tert-OH is 2. The van der Waals surface area contributed by atoms with Crippen LogP contribution in [0.5, 0.6) is 0 Å². The summed E-state index contributed by atoms with van der Waals surface area (Å²) in [6, 6.07) is 30.7. The summed E-state index contributed by atoms with van der Waals surface area (Å²) in [5.41, 5.74) is 2.03. The van der Waals surface area contributed by atoms with Crippen LogP contribution in [0.1, 0.15) is 18.8 Å². The third-order valence-corrected chi connectivity index (χ3v) is 11.4. The quantitative estimate of drug-likeness (QED) is 0.229. The molecule has 1 saturated heterocycles. The van der Waals surface area contributed by atoms with Gasteiger partial charge in [-0.15, -0.1) is 0 Å². The van der Waals surface area contributed by atoms with Gasteiger partial charge in [0.15, 0.2) is 11.9 Å². The number of aliphatic hydroxyl groups is 2. The Hall–Kier alpha value is -3.73. The van der Waals surface area contributed by atoms with E-state index in [2.05, 4.69) is 51.4 Å². The van der Waals surface area contributed by atoms with Crippen molar-refractivity contribution in [1.29, 1.82) is 0 Å². The zero-order chi connectivity index (χ0) is 26.8. The molecule has 5 aromatic rings. The summed E-state index contributed by atoms with van der Waals surface area (Å²) in [4.78, 5) is 13.1. The highest BCUT2D eigenvalue weighted by Gasteiger charge is 2.48. The largest absolute Gasteiger partial charge is 0.401 e. The summed E-state index contributed by atoms with van der Waals surface area (Å²) in [6.45, 7) is 2.09. The van der Waals surface area contributed by atoms with Crippen molar-refractivity contribution in [3.63, 3.8) is 0 Å². The van der Waals surface area contributed by atoms with Crippen LogP contribution < -0.4 is 15.6 Å². The van der Waals surface area contributed by atoms with Gasteiger partial charge in [0.25, 0.3) is 8.32 Å². The molecule has 39 heavy (non-hydrogen) atoms. The van der Waals surface area contributed by atoms with Gasteiger partial charge < -0.3 is 19.4 Å². The van der Waals surface area contributed by atoms with E-state index in [1.54, 1.807) is 10.9 Å². The molecule has 3 aromatic carbocycles. The third-order valence-electron chi connectivity index (χ3n) is 7.39. The molecule has 0 amide bonds. The fourth-order valence-electron chi connectivity index (χ4n) is 5.42. The lowest BCUT2D eigenvalue weighted by atomic mass is 10.1. The van der Waals surface area contributed by atoms with Crippen LogP contribution in [0.2, 0.25) is 0 Å². The molecule has 9 heteroatoms. The number of nitrogens with zero attached hydrogens (tertiary/aromatic N) is 4. The topological polar surface area (TPSA) is 103 Å². The first-order valence-electron chi connectivity index (χ1n) is 13.1. The van der Waals surface area contributed by atoms with Crippen molar-refractivity contribution < 1.29 is 19.4 Å². The van der Waals surface area contributed by atoms with Crippen molar-refractivity contribution >= 4 is 35.0 Å². The normalized spacial score (nSPS) is 21.4. The zero-order valence-corrected chi connectivity index (χ0v) is 22.5. The molecule has 0 unspecified atom stereocenters. The molecule has 4 atom stereocenters. The summed E-state index contributed by atoms with van der Waals surface area (Å²) in [5.74, 6) is 0. The summed E-state index contributed by atoms with van der Waals surface area (Å²) < 4.78 is 14.9. The van der Waals surface area contributed by atoms with Crippen molar-refractivity contribution in [2.45, 2.75) is 37.9 Å². The number of hydrogen-bond acceptors (Lipinski definition) is 7. The number of aryl methyl sites for hydroxylation is 1. The highest BCUT2D eigenvalue weighted by Crippen LogP contribution is 2.32. The molecule has 1 aliphatic rings. The molecule has 0 aliphatic carbocycles. The van der Waals surface area contributed by atoms with Crippen LogP contribution >= 0.6 is 0 Å². The Bertz CT molecular complexity index is 1440. The molecule has 0 spiro atoms. The predicted octanol–water partition coefficient (Wildman–Crippen LogP) is 1.69. The number of ether oxygens (including phenoxy) is 1. The Morgan fingerprint density at radius 3 is 1.90 bits per heavy atom. The molecule has 198 valence electrons. The second-order valence-electron chi connectivity index (χ2n) is 9.63. The number of benzene rings is 3. The third kappa shape index (κ3) is 4.48. The number of imidazole rings is 1. The lowest BCUT2D eigenvalue weighted by Gasteiger charge is -2.34. The number of aromatic nitrogens is 4.